The van der Waals surface area contributed by atoms with Gasteiger partial charge in [0.2, 0.25) is 0 Å². The number of ether oxygens (including phenoxy) is 1. The van der Waals surface area contributed by atoms with Crippen LogP contribution in [0.4, 0.5) is 0 Å². The van der Waals surface area contributed by atoms with E-state index in [1.807, 2.05) is 0 Å². The topological polar surface area (TPSA) is 69.4 Å². The molecule has 4 heteroatoms. The van der Waals surface area contributed by atoms with Gasteiger partial charge in [0, 0.05) is 6.42 Å². The van der Waals surface area contributed by atoms with Crippen LogP contribution in [0.3, 0.4) is 0 Å². The summed E-state index contributed by atoms with van der Waals surface area (Å²) in [4.78, 5) is 22.3. The first kappa shape index (κ1) is 18.1. The lowest BCUT2D eigenvalue weighted by molar-refractivity contribution is -0.160. The molecule has 0 radical (unpaired) electrons. The molecule has 2 N–H and O–H groups in total. The standard InChI is InChI=1S/C15H29NO3/c1-3-4-5-6-7-8-9-10-11-12-14(17)19-15(18)13(2)16/h13H,3-12,16H2,1-2H3. The number of esters is 2. The fraction of sp³-hybridized carbons (Fsp3) is 0.867. The third-order valence-electron chi connectivity index (χ3n) is 3.07. The summed E-state index contributed by atoms with van der Waals surface area (Å²) in [6.07, 6.45) is 11.1. The Hall–Kier alpha value is -0.900. The van der Waals surface area contributed by atoms with E-state index in [0.717, 1.165) is 19.3 Å². The van der Waals surface area contributed by atoms with Gasteiger partial charge in [-0.1, -0.05) is 58.3 Å². The smallest absolute Gasteiger partial charge is 0.330 e. The maximum absolute atomic E-state index is 11.3. The van der Waals surface area contributed by atoms with Gasteiger partial charge in [-0.25, -0.2) is 4.79 Å². The number of carbonyl (C=O) groups is 2. The summed E-state index contributed by atoms with van der Waals surface area (Å²) in [6, 6.07) is -0.730. The molecular formula is C15H29NO3. The zero-order valence-corrected chi connectivity index (χ0v) is 12.5. The van der Waals surface area contributed by atoms with Gasteiger partial charge < -0.3 is 10.5 Å². The van der Waals surface area contributed by atoms with Gasteiger partial charge >= 0.3 is 11.9 Å². The van der Waals surface area contributed by atoms with E-state index in [1.165, 1.54) is 45.4 Å². The molecule has 4 nitrogen and oxygen atoms in total. The molecule has 1 unspecified atom stereocenters. The highest BCUT2D eigenvalue weighted by atomic mass is 16.6. The summed E-state index contributed by atoms with van der Waals surface area (Å²) >= 11 is 0. The Kier molecular flexibility index (Phi) is 11.6. The van der Waals surface area contributed by atoms with E-state index in [2.05, 4.69) is 11.7 Å². The molecule has 0 saturated heterocycles. The monoisotopic (exact) mass is 271 g/mol. The number of nitrogens with two attached hydrogens (primary N) is 1. The number of carbonyl (C=O) groups excluding carboxylic acids is 2. The minimum Gasteiger partial charge on any atom is -0.392 e. The number of hydrogen-bond donors (Lipinski definition) is 1. The molecule has 0 rings (SSSR count). The van der Waals surface area contributed by atoms with Crippen LogP contribution in [-0.4, -0.2) is 18.0 Å². The second kappa shape index (κ2) is 12.2. The molecule has 0 heterocycles. The van der Waals surface area contributed by atoms with Crippen LogP contribution >= 0.6 is 0 Å². The fourth-order valence-corrected chi connectivity index (χ4v) is 1.84. The average Bonchev–Trinajstić information content (AvgIpc) is 2.36. The van der Waals surface area contributed by atoms with Crippen LogP contribution in [0, 0.1) is 0 Å². The van der Waals surface area contributed by atoms with Gasteiger partial charge in [0.25, 0.3) is 0 Å². The minimum atomic E-state index is -0.730. The van der Waals surface area contributed by atoms with Crippen LogP contribution in [0.2, 0.25) is 0 Å². The molecule has 0 bridgehead atoms. The van der Waals surface area contributed by atoms with Crippen LogP contribution in [0.1, 0.15) is 78.1 Å². The summed E-state index contributed by atoms with van der Waals surface area (Å²) in [5.74, 6) is -1.09. The molecule has 0 aromatic carbocycles. The van der Waals surface area contributed by atoms with Crippen molar-refractivity contribution >= 4 is 11.9 Å². The SMILES string of the molecule is CCCCCCCCCCCC(=O)OC(=O)C(C)N. The second-order valence-electron chi connectivity index (χ2n) is 5.16. The highest BCUT2D eigenvalue weighted by molar-refractivity contribution is 5.87. The Morgan fingerprint density at radius 3 is 1.89 bits per heavy atom. The highest BCUT2D eigenvalue weighted by Gasteiger charge is 2.13. The molecule has 0 aliphatic rings. The molecule has 19 heavy (non-hydrogen) atoms. The zero-order chi connectivity index (χ0) is 14.5. The van der Waals surface area contributed by atoms with Gasteiger partial charge in [0.05, 0.1) is 0 Å². The number of unbranched alkanes of at least 4 members (excludes halogenated alkanes) is 8. The molecular weight excluding hydrogens is 242 g/mol. The highest BCUT2D eigenvalue weighted by Crippen LogP contribution is 2.10. The predicted molar refractivity (Wildman–Crippen MR) is 76.6 cm³/mol. The first-order chi connectivity index (χ1) is 9.07. The lowest BCUT2D eigenvalue weighted by Gasteiger charge is -2.05. The lowest BCUT2D eigenvalue weighted by Crippen LogP contribution is -2.30. The molecule has 0 amide bonds. The molecule has 0 aliphatic heterocycles. The maximum atomic E-state index is 11.3. The molecule has 0 aromatic rings. The second-order valence-corrected chi connectivity index (χ2v) is 5.16. The van der Waals surface area contributed by atoms with E-state index < -0.39 is 18.0 Å². The fourth-order valence-electron chi connectivity index (χ4n) is 1.84. The van der Waals surface area contributed by atoms with Crippen molar-refractivity contribution in [2.75, 3.05) is 0 Å². The Balaban J connectivity index is 3.30. The first-order valence-corrected chi connectivity index (χ1v) is 7.58. The van der Waals surface area contributed by atoms with E-state index in [0.29, 0.717) is 6.42 Å². The van der Waals surface area contributed by atoms with Gasteiger partial charge in [-0.05, 0) is 13.3 Å². The molecule has 112 valence electrons. The first-order valence-electron chi connectivity index (χ1n) is 7.58. The normalized spacial score (nSPS) is 12.2. The Bertz CT molecular complexity index is 252. The van der Waals surface area contributed by atoms with Crippen molar-refractivity contribution in [3.8, 4) is 0 Å². The quantitative estimate of drug-likeness (QED) is 0.355. The van der Waals surface area contributed by atoms with E-state index in [4.69, 9.17) is 5.73 Å². The Labute approximate surface area is 117 Å². The van der Waals surface area contributed by atoms with Crippen LogP contribution in [0.5, 0.6) is 0 Å². The largest absolute Gasteiger partial charge is 0.392 e. The molecule has 0 saturated carbocycles. The third kappa shape index (κ3) is 11.9. The molecule has 0 aromatic heterocycles. The van der Waals surface area contributed by atoms with E-state index >= 15 is 0 Å². The van der Waals surface area contributed by atoms with Gasteiger partial charge in [-0.15, -0.1) is 0 Å². The number of hydrogen-bond acceptors (Lipinski definition) is 4. The van der Waals surface area contributed by atoms with Crippen LogP contribution in [0.25, 0.3) is 0 Å². The lowest BCUT2D eigenvalue weighted by atomic mass is 10.1. The van der Waals surface area contributed by atoms with E-state index in [1.54, 1.807) is 0 Å². The molecule has 0 fully saturated rings. The van der Waals surface area contributed by atoms with Gasteiger partial charge in [-0.3, -0.25) is 4.79 Å². The summed E-state index contributed by atoms with van der Waals surface area (Å²) in [7, 11) is 0. The number of rotatable bonds is 11. The molecule has 0 aliphatic carbocycles. The molecule has 0 spiro atoms. The van der Waals surface area contributed by atoms with Crippen molar-refractivity contribution in [3.05, 3.63) is 0 Å². The Morgan fingerprint density at radius 2 is 1.42 bits per heavy atom. The van der Waals surface area contributed by atoms with Gasteiger partial charge in [0.1, 0.15) is 6.04 Å². The minimum absolute atomic E-state index is 0.314. The third-order valence-corrected chi connectivity index (χ3v) is 3.07. The van der Waals surface area contributed by atoms with E-state index in [9.17, 15) is 9.59 Å². The van der Waals surface area contributed by atoms with Crippen molar-refractivity contribution < 1.29 is 14.3 Å². The van der Waals surface area contributed by atoms with Crippen molar-refractivity contribution in [2.45, 2.75) is 84.1 Å². The van der Waals surface area contributed by atoms with Crippen LogP contribution in [0.15, 0.2) is 0 Å². The summed E-state index contributed by atoms with van der Waals surface area (Å²) in [5, 5.41) is 0. The predicted octanol–water partition coefficient (Wildman–Crippen LogP) is 3.32. The summed E-state index contributed by atoms with van der Waals surface area (Å²) < 4.78 is 4.58. The van der Waals surface area contributed by atoms with Crippen molar-refractivity contribution in [3.63, 3.8) is 0 Å². The maximum Gasteiger partial charge on any atom is 0.330 e. The van der Waals surface area contributed by atoms with Crippen molar-refractivity contribution in [1.29, 1.82) is 0 Å². The van der Waals surface area contributed by atoms with Crippen molar-refractivity contribution in [2.24, 2.45) is 5.73 Å². The molecule has 1 atom stereocenters. The van der Waals surface area contributed by atoms with E-state index in [-0.39, 0.29) is 0 Å². The van der Waals surface area contributed by atoms with Crippen LogP contribution in [-0.2, 0) is 14.3 Å². The zero-order valence-electron chi connectivity index (χ0n) is 12.5. The Morgan fingerprint density at radius 1 is 0.947 bits per heavy atom. The van der Waals surface area contributed by atoms with Gasteiger partial charge in [0.15, 0.2) is 0 Å². The van der Waals surface area contributed by atoms with Crippen molar-refractivity contribution in [1.82, 2.24) is 0 Å². The summed E-state index contributed by atoms with van der Waals surface area (Å²) in [5.41, 5.74) is 5.30. The van der Waals surface area contributed by atoms with Gasteiger partial charge in [-0.2, -0.15) is 0 Å². The average molecular weight is 271 g/mol. The van der Waals surface area contributed by atoms with Crippen LogP contribution < -0.4 is 5.73 Å². The summed E-state index contributed by atoms with van der Waals surface area (Å²) in [6.45, 7) is 3.73.